The van der Waals surface area contributed by atoms with Gasteiger partial charge in [0, 0.05) is 4.70 Å². The van der Waals surface area contributed by atoms with E-state index in [-0.39, 0.29) is 25.8 Å². The molecule has 0 aliphatic rings. The van der Waals surface area contributed by atoms with Gasteiger partial charge in [0.1, 0.15) is 23.3 Å². The molecule has 202 valence electrons. The van der Waals surface area contributed by atoms with E-state index in [2.05, 4.69) is 11.7 Å². The molecule has 1 heterocycles. The average molecular weight is 564 g/mol. The Labute approximate surface area is 231 Å². The fourth-order valence-electron chi connectivity index (χ4n) is 4.01. The zero-order valence-corrected chi connectivity index (χ0v) is 23.3. The van der Waals surface area contributed by atoms with Gasteiger partial charge in [-0.05, 0) is 60.2 Å². The Kier molecular flexibility index (Phi) is 9.71. The lowest BCUT2D eigenvalue weighted by molar-refractivity contribution is -0.145. The first-order valence-electron chi connectivity index (χ1n) is 12.5. The average Bonchev–Trinajstić information content (AvgIpc) is 3.36. The van der Waals surface area contributed by atoms with Crippen LogP contribution in [-0.4, -0.2) is 31.2 Å². The van der Waals surface area contributed by atoms with Crippen molar-refractivity contribution in [1.29, 1.82) is 0 Å². The van der Waals surface area contributed by atoms with Crippen molar-refractivity contribution in [3.63, 3.8) is 0 Å². The van der Waals surface area contributed by atoms with Crippen LogP contribution in [0.1, 0.15) is 27.7 Å². The molecule has 0 amide bonds. The van der Waals surface area contributed by atoms with Crippen molar-refractivity contribution in [2.45, 2.75) is 25.5 Å². The highest BCUT2D eigenvalue weighted by atomic mass is 32.1. The highest BCUT2D eigenvalue weighted by Crippen LogP contribution is 2.47. The number of carbonyl (C=O) groups excluding carboxylic acids is 2. The largest absolute Gasteiger partial charge is 0.465 e. The maximum atomic E-state index is 14.4. The van der Waals surface area contributed by atoms with Crippen molar-refractivity contribution in [1.82, 2.24) is 5.09 Å². The van der Waals surface area contributed by atoms with Crippen molar-refractivity contribution in [3.8, 4) is 5.75 Å². The molecular formula is C30H30NO6PS. The van der Waals surface area contributed by atoms with E-state index in [0.717, 1.165) is 21.2 Å². The number of esters is 2. The lowest BCUT2D eigenvalue weighted by atomic mass is 10.1. The second kappa shape index (κ2) is 13.4. The van der Waals surface area contributed by atoms with Gasteiger partial charge in [-0.3, -0.25) is 9.36 Å². The van der Waals surface area contributed by atoms with Crippen LogP contribution in [0.15, 0.2) is 97.6 Å². The second-order valence-corrected chi connectivity index (χ2v) is 11.9. The summed E-state index contributed by atoms with van der Waals surface area (Å²) < 4.78 is 31.8. The molecule has 1 aromatic heterocycles. The summed E-state index contributed by atoms with van der Waals surface area (Å²) in [5.41, 5.74) is 1.62. The molecule has 2 atom stereocenters. The number of thiophene rings is 1. The van der Waals surface area contributed by atoms with E-state index in [1.54, 1.807) is 37.3 Å². The number of hydrogen-bond donors (Lipinski definition) is 1. The first kappa shape index (κ1) is 28.3. The van der Waals surface area contributed by atoms with Crippen molar-refractivity contribution < 1.29 is 28.2 Å². The Bertz CT molecular complexity index is 1470. The molecule has 9 heteroatoms. The highest BCUT2D eigenvalue weighted by Gasteiger charge is 2.33. The van der Waals surface area contributed by atoms with Crippen LogP contribution in [0.4, 0.5) is 0 Å². The normalized spacial score (nSPS) is 13.3. The van der Waals surface area contributed by atoms with Crippen LogP contribution >= 0.6 is 18.9 Å². The number of para-hydroxylation sites is 1. The summed E-state index contributed by atoms with van der Waals surface area (Å²) in [5.74, 6) is -0.510. The molecule has 4 rings (SSSR count). The van der Waals surface area contributed by atoms with Crippen molar-refractivity contribution in [3.05, 3.63) is 114 Å². The van der Waals surface area contributed by atoms with E-state index in [0.29, 0.717) is 10.6 Å². The molecule has 0 bridgehead atoms. The number of carbonyl (C=O) groups is 2. The molecule has 0 saturated heterocycles. The number of hydrogen-bond acceptors (Lipinski definition) is 7. The SMILES string of the molecule is C=CCOC(=O)c1cc2cc(CP(=O)(N[C@@H](Cc3ccccc3)C(=O)OCC)Oc3ccccc3)ccc2s1. The van der Waals surface area contributed by atoms with Gasteiger partial charge in [-0.25, -0.2) is 9.88 Å². The molecular weight excluding hydrogens is 533 g/mol. The minimum absolute atomic E-state index is 0.00855. The fraction of sp³-hybridized carbons (Fsp3) is 0.200. The Morgan fingerprint density at radius 2 is 1.69 bits per heavy atom. The summed E-state index contributed by atoms with van der Waals surface area (Å²) in [6, 6.07) is 24.8. The van der Waals surface area contributed by atoms with E-state index < -0.39 is 25.5 Å². The van der Waals surface area contributed by atoms with E-state index in [1.807, 2.05) is 54.6 Å². The number of rotatable bonds is 13. The maximum absolute atomic E-state index is 14.4. The van der Waals surface area contributed by atoms with Gasteiger partial charge in [-0.15, -0.1) is 11.3 Å². The predicted molar refractivity (Wildman–Crippen MR) is 154 cm³/mol. The van der Waals surface area contributed by atoms with Crippen LogP contribution in [-0.2, 0) is 31.4 Å². The van der Waals surface area contributed by atoms with Crippen LogP contribution in [0.3, 0.4) is 0 Å². The standard InChI is InChI=1S/C30H30NO6PS/c1-3-17-36-30(33)28-20-24-18-23(15-16-27(24)39-28)21-38(34,37-25-13-9-6-10-14-25)31-26(29(32)35-4-2)19-22-11-7-5-8-12-22/h3,5-16,18,20,26H,1,4,17,19,21H2,2H3,(H,31,34)/t26-,38?/m0/s1. The van der Waals surface area contributed by atoms with Gasteiger partial charge in [0.05, 0.1) is 12.8 Å². The number of nitrogens with one attached hydrogen (secondary N) is 1. The third kappa shape index (κ3) is 7.90. The molecule has 0 aliphatic carbocycles. The van der Waals surface area contributed by atoms with Crippen molar-refractivity contribution in [2.24, 2.45) is 0 Å². The van der Waals surface area contributed by atoms with Gasteiger partial charge in [0.25, 0.3) is 0 Å². The van der Waals surface area contributed by atoms with Gasteiger partial charge in [-0.1, -0.05) is 67.3 Å². The lowest BCUT2D eigenvalue weighted by Crippen LogP contribution is -2.39. The second-order valence-electron chi connectivity index (χ2n) is 8.73. The number of benzene rings is 3. The molecule has 4 aromatic rings. The molecule has 0 spiro atoms. The molecule has 39 heavy (non-hydrogen) atoms. The van der Waals surface area contributed by atoms with Gasteiger partial charge < -0.3 is 14.0 Å². The van der Waals surface area contributed by atoms with Gasteiger partial charge in [-0.2, -0.15) is 0 Å². The third-order valence-corrected chi connectivity index (χ3v) is 8.80. The van der Waals surface area contributed by atoms with Crippen LogP contribution in [0.5, 0.6) is 5.75 Å². The highest BCUT2D eigenvalue weighted by molar-refractivity contribution is 7.56. The molecule has 1 unspecified atom stereocenters. The smallest absolute Gasteiger partial charge is 0.348 e. The Morgan fingerprint density at radius 1 is 0.974 bits per heavy atom. The van der Waals surface area contributed by atoms with Gasteiger partial charge in [0.15, 0.2) is 0 Å². The monoisotopic (exact) mass is 563 g/mol. The molecule has 0 saturated carbocycles. The zero-order valence-electron chi connectivity index (χ0n) is 21.6. The molecule has 0 aliphatic heterocycles. The first-order valence-corrected chi connectivity index (χ1v) is 15.1. The van der Waals surface area contributed by atoms with Crippen LogP contribution in [0.2, 0.25) is 0 Å². The minimum Gasteiger partial charge on any atom is -0.465 e. The third-order valence-electron chi connectivity index (χ3n) is 5.71. The summed E-state index contributed by atoms with van der Waals surface area (Å²) in [5, 5.41) is 3.85. The fourth-order valence-corrected chi connectivity index (χ4v) is 6.96. The summed E-state index contributed by atoms with van der Waals surface area (Å²) >= 11 is 1.32. The molecule has 0 fully saturated rings. The van der Waals surface area contributed by atoms with Crippen LogP contribution in [0, 0.1) is 0 Å². The first-order chi connectivity index (χ1) is 18.9. The summed E-state index contributed by atoms with van der Waals surface area (Å²) in [7, 11) is -3.69. The van der Waals surface area contributed by atoms with Crippen molar-refractivity contribution >= 4 is 40.9 Å². The summed E-state index contributed by atoms with van der Waals surface area (Å²) in [4.78, 5) is 25.7. The summed E-state index contributed by atoms with van der Waals surface area (Å²) in [6.45, 7) is 5.62. The molecule has 0 radical (unpaired) electrons. The minimum atomic E-state index is -3.69. The quantitative estimate of drug-likeness (QED) is 0.109. The summed E-state index contributed by atoms with van der Waals surface area (Å²) in [6.07, 6.45) is 1.80. The van der Waals surface area contributed by atoms with E-state index >= 15 is 0 Å². The van der Waals surface area contributed by atoms with Crippen molar-refractivity contribution in [2.75, 3.05) is 13.2 Å². The van der Waals surface area contributed by atoms with E-state index in [1.165, 1.54) is 17.4 Å². The van der Waals surface area contributed by atoms with E-state index in [4.69, 9.17) is 14.0 Å². The number of ether oxygens (including phenoxy) is 2. The Morgan fingerprint density at radius 3 is 2.38 bits per heavy atom. The molecule has 7 nitrogen and oxygen atoms in total. The zero-order chi connectivity index (χ0) is 27.7. The van der Waals surface area contributed by atoms with Crippen LogP contribution < -0.4 is 9.61 Å². The van der Waals surface area contributed by atoms with Crippen LogP contribution in [0.25, 0.3) is 10.1 Å². The van der Waals surface area contributed by atoms with Gasteiger partial charge >= 0.3 is 19.5 Å². The topological polar surface area (TPSA) is 90.9 Å². The predicted octanol–water partition coefficient (Wildman–Crippen LogP) is 6.78. The molecule has 1 N–H and O–H groups in total. The lowest BCUT2D eigenvalue weighted by Gasteiger charge is -2.25. The Balaban J connectivity index is 1.64. The van der Waals surface area contributed by atoms with E-state index in [9.17, 15) is 14.2 Å². The van der Waals surface area contributed by atoms with Gasteiger partial charge in [0.2, 0.25) is 0 Å². The molecule has 3 aromatic carbocycles. The Hall–Kier alpha value is -3.71. The number of fused-ring (bicyclic) bond motifs is 1. The maximum Gasteiger partial charge on any atom is 0.348 e.